The van der Waals surface area contributed by atoms with Crippen molar-refractivity contribution in [3.63, 3.8) is 0 Å². The smallest absolute Gasteiger partial charge is 0.228 e. The Balaban J connectivity index is 1.38. The van der Waals surface area contributed by atoms with Gasteiger partial charge < -0.3 is 15.1 Å². The van der Waals surface area contributed by atoms with Crippen LogP contribution in [0.5, 0.6) is 0 Å². The van der Waals surface area contributed by atoms with Crippen LogP contribution in [0.1, 0.15) is 42.1 Å². The molecular weight excluding hydrogens is 448 g/mol. The molecule has 0 bridgehead atoms. The van der Waals surface area contributed by atoms with Gasteiger partial charge in [-0.3, -0.25) is 14.4 Å². The Morgan fingerprint density at radius 1 is 1.25 bits per heavy atom. The summed E-state index contributed by atoms with van der Waals surface area (Å²) in [4.78, 5) is 47.1. The van der Waals surface area contributed by atoms with Crippen LogP contribution in [-0.2, 0) is 16.0 Å². The predicted octanol–water partition coefficient (Wildman–Crippen LogP) is 3.88. The van der Waals surface area contributed by atoms with E-state index in [1.807, 2.05) is 43.0 Å². The van der Waals surface area contributed by atoms with E-state index in [2.05, 4.69) is 15.2 Å². The highest BCUT2D eigenvalue weighted by atomic mass is 35.5. The molecule has 2 atom stereocenters. The Hall–Kier alpha value is -2.45. The van der Waals surface area contributed by atoms with Gasteiger partial charge in [0.05, 0.1) is 16.5 Å². The van der Waals surface area contributed by atoms with E-state index in [0.29, 0.717) is 40.2 Å². The molecule has 0 spiro atoms. The summed E-state index contributed by atoms with van der Waals surface area (Å²) < 4.78 is 0. The minimum absolute atomic E-state index is 0.00735. The van der Waals surface area contributed by atoms with Gasteiger partial charge in [-0.1, -0.05) is 42.9 Å². The number of fused-ring (bicyclic) bond motifs is 1. The molecule has 2 amide bonds. The van der Waals surface area contributed by atoms with Crippen molar-refractivity contribution in [2.75, 3.05) is 36.4 Å². The van der Waals surface area contributed by atoms with Crippen LogP contribution in [-0.4, -0.2) is 53.7 Å². The molecular formula is C23H27ClN4O3S. The number of halogens is 1. The number of amides is 2. The van der Waals surface area contributed by atoms with Gasteiger partial charge >= 0.3 is 0 Å². The molecule has 1 aliphatic heterocycles. The maximum absolute atomic E-state index is 13.2. The predicted molar refractivity (Wildman–Crippen MR) is 127 cm³/mol. The van der Waals surface area contributed by atoms with E-state index < -0.39 is 5.92 Å². The van der Waals surface area contributed by atoms with Gasteiger partial charge in [-0.2, -0.15) is 0 Å². The lowest BCUT2D eigenvalue weighted by Gasteiger charge is -2.38. The monoisotopic (exact) mass is 474 g/mol. The zero-order valence-electron chi connectivity index (χ0n) is 18.3. The quantitative estimate of drug-likeness (QED) is 0.711. The summed E-state index contributed by atoms with van der Waals surface area (Å²) in [7, 11) is 0. The number of hydrogen-bond acceptors (Lipinski definition) is 6. The molecule has 1 aromatic heterocycles. The number of piperazine rings is 1. The first-order chi connectivity index (χ1) is 15.4. The topological polar surface area (TPSA) is 82.6 Å². The molecule has 0 radical (unpaired) electrons. The highest BCUT2D eigenvalue weighted by molar-refractivity contribution is 7.17. The third-order valence-corrected chi connectivity index (χ3v) is 7.52. The normalized spacial score (nSPS) is 19.5. The molecule has 2 heterocycles. The number of carbonyl (C=O) groups excluding carboxylic acids is 3. The number of anilines is 2. The number of nitrogens with zero attached hydrogens (tertiary/aromatic N) is 3. The Morgan fingerprint density at radius 2 is 2.00 bits per heavy atom. The fourth-order valence-electron chi connectivity index (χ4n) is 4.09. The summed E-state index contributed by atoms with van der Waals surface area (Å²) in [5.74, 6) is -0.674. The second-order valence-electron chi connectivity index (χ2n) is 8.41. The van der Waals surface area contributed by atoms with Gasteiger partial charge in [0.25, 0.3) is 0 Å². The number of aromatic nitrogens is 1. The third kappa shape index (κ3) is 4.81. The highest BCUT2D eigenvalue weighted by Crippen LogP contribution is 2.33. The molecule has 1 aliphatic carbocycles. The average Bonchev–Trinajstić information content (AvgIpc) is 3.21. The van der Waals surface area contributed by atoms with Gasteiger partial charge in [-0.05, 0) is 24.6 Å². The van der Waals surface area contributed by atoms with E-state index in [-0.39, 0.29) is 29.9 Å². The van der Waals surface area contributed by atoms with Crippen molar-refractivity contribution >= 4 is 51.4 Å². The third-order valence-electron chi connectivity index (χ3n) is 6.23. The number of benzene rings is 1. The van der Waals surface area contributed by atoms with Gasteiger partial charge in [0.15, 0.2) is 10.9 Å². The van der Waals surface area contributed by atoms with Crippen LogP contribution in [0.25, 0.3) is 0 Å². The van der Waals surface area contributed by atoms with Crippen LogP contribution in [0.2, 0.25) is 5.02 Å². The molecule has 0 saturated carbocycles. The highest BCUT2D eigenvalue weighted by Gasteiger charge is 2.36. The maximum atomic E-state index is 13.2. The second-order valence-corrected chi connectivity index (χ2v) is 9.85. The minimum Gasteiger partial charge on any atom is -0.368 e. The molecule has 0 unspecified atom stereocenters. The second kappa shape index (κ2) is 9.58. The molecule has 1 fully saturated rings. The molecule has 4 rings (SSSR count). The Bertz CT molecular complexity index is 1030. The first kappa shape index (κ1) is 22.7. The Morgan fingerprint density at radius 3 is 2.69 bits per heavy atom. The van der Waals surface area contributed by atoms with Crippen molar-refractivity contribution in [3.05, 3.63) is 39.9 Å². The summed E-state index contributed by atoms with van der Waals surface area (Å²) in [6.07, 6.45) is 1.36. The van der Waals surface area contributed by atoms with Crippen molar-refractivity contribution in [1.82, 2.24) is 9.88 Å². The molecule has 2 aromatic rings. The number of hydrogen-bond donors (Lipinski definition) is 1. The SMILES string of the molecule is CC[C@@H](C)C(=O)Nc1nc2c(s1)C(=O)C[C@@H](C(=O)N1CCN(c3cccc(Cl)c3)CC1)C2. The van der Waals surface area contributed by atoms with Crippen molar-refractivity contribution < 1.29 is 14.4 Å². The van der Waals surface area contributed by atoms with Crippen molar-refractivity contribution in [2.24, 2.45) is 11.8 Å². The molecule has 9 heteroatoms. The van der Waals surface area contributed by atoms with Crippen molar-refractivity contribution in [3.8, 4) is 0 Å². The molecule has 7 nitrogen and oxygen atoms in total. The lowest BCUT2D eigenvalue weighted by molar-refractivity contribution is -0.136. The van der Waals surface area contributed by atoms with Crippen LogP contribution in [0.4, 0.5) is 10.8 Å². The summed E-state index contributed by atoms with van der Waals surface area (Å²) in [6, 6.07) is 7.72. The maximum Gasteiger partial charge on any atom is 0.228 e. The summed E-state index contributed by atoms with van der Waals surface area (Å²) in [5.41, 5.74) is 1.68. The number of rotatable bonds is 5. The zero-order chi connectivity index (χ0) is 22.8. The zero-order valence-corrected chi connectivity index (χ0v) is 19.8. The van der Waals surface area contributed by atoms with E-state index in [4.69, 9.17) is 11.6 Å². The van der Waals surface area contributed by atoms with Crippen LogP contribution in [0, 0.1) is 11.8 Å². The number of ketones is 1. The van der Waals surface area contributed by atoms with Crippen molar-refractivity contribution in [2.45, 2.75) is 33.1 Å². The lowest BCUT2D eigenvalue weighted by atomic mass is 9.88. The molecule has 1 N–H and O–H groups in total. The number of nitrogens with one attached hydrogen (secondary N) is 1. The van der Waals surface area contributed by atoms with Crippen LogP contribution >= 0.6 is 22.9 Å². The summed E-state index contributed by atoms with van der Waals surface area (Å²) >= 11 is 7.31. The van der Waals surface area contributed by atoms with E-state index in [9.17, 15) is 14.4 Å². The fourth-order valence-corrected chi connectivity index (χ4v) is 5.22. The summed E-state index contributed by atoms with van der Waals surface area (Å²) in [6.45, 7) is 6.47. The largest absolute Gasteiger partial charge is 0.368 e. The lowest BCUT2D eigenvalue weighted by Crippen LogP contribution is -2.51. The van der Waals surface area contributed by atoms with Crippen LogP contribution in [0.3, 0.4) is 0 Å². The van der Waals surface area contributed by atoms with Gasteiger partial charge in [0.2, 0.25) is 11.8 Å². The molecule has 170 valence electrons. The number of Topliss-reactive ketones (excluding diaryl/α,β-unsaturated/α-hetero) is 1. The van der Waals surface area contributed by atoms with E-state index in [1.165, 1.54) is 11.3 Å². The number of carbonyl (C=O) groups is 3. The van der Waals surface area contributed by atoms with Gasteiger partial charge in [-0.25, -0.2) is 4.98 Å². The van der Waals surface area contributed by atoms with Crippen LogP contribution in [0.15, 0.2) is 24.3 Å². The molecule has 32 heavy (non-hydrogen) atoms. The average molecular weight is 475 g/mol. The standard InChI is InChI=1S/C23H27ClN4O3S/c1-3-14(2)21(30)26-23-25-18-11-15(12-19(29)20(18)32-23)22(31)28-9-7-27(8-10-28)17-6-4-5-16(24)13-17/h4-6,13-15H,3,7-12H2,1-2H3,(H,25,26,30)/t14-,15+/m1/s1. The van der Waals surface area contributed by atoms with E-state index in [0.717, 1.165) is 25.2 Å². The van der Waals surface area contributed by atoms with Gasteiger partial charge in [0.1, 0.15) is 0 Å². The first-order valence-electron chi connectivity index (χ1n) is 11.0. The minimum atomic E-state index is -0.395. The van der Waals surface area contributed by atoms with Gasteiger partial charge in [0, 0.05) is 55.6 Å². The van der Waals surface area contributed by atoms with Gasteiger partial charge in [-0.15, -0.1) is 0 Å². The Kier molecular flexibility index (Phi) is 6.81. The molecule has 1 aromatic carbocycles. The van der Waals surface area contributed by atoms with Crippen LogP contribution < -0.4 is 10.2 Å². The fraction of sp³-hybridized carbons (Fsp3) is 0.478. The number of thiazole rings is 1. The molecule has 2 aliphatic rings. The van der Waals surface area contributed by atoms with E-state index >= 15 is 0 Å². The van der Waals surface area contributed by atoms with E-state index in [1.54, 1.807) is 0 Å². The first-order valence-corrected chi connectivity index (χ1v) is 12.2. The Labute approximate surface area is 196 Å². The van der Waals surface area contributed by atoms with Crippen molar-refractivity contribution in [1.29, 1.82) is 0 Å². The summed E-state index contributed by atoms with van der Waals surface area (Å²) in [5, 5.41) is 3.94. The molecule has 1 saturated heterocycles.